The monoisotopic (exact) mass is 1270 g/mol. The summed E-state index contributed by atoms with van der Waals surface area (Å²) in [4.78, 5) is 99.1. The predicted molar refractivity (Wildman–Crippen MR) is 321 cm³/mol. The maximum absolute atomic E-state index is 14.5. The van der Waals surface area contributed by atoms with E-state index in [1.807, 2.05) is 0 Å². The van der Waals surface area contributed by atoms with Crippen LogP contribution in [0.1, 0.15) is 86.4 Å². The highest BCUT2D eigenvalue weighted by atomic mass is 16.9. The van der Waals surface area contributed by atoms with E-state index in [1.54, 1.807) is 141 Å². The third-order valence-electron chi connectivity index (χ3n) is 15.4. The molecule has 4 fully saturated rings. The molecule has 0 spiro atoms. The molecule has 15 atom stereocenters. The van der Waals surface area contributed by atoms with Crippen molar-refractivity contribution in [3.8, 4) is 0 Å². The molecule has 4 heterocycles. The van der Waals surface area contributed by atoms with Gasteiger partial charge in [0.25, 0.3) is 0 Å². The first kappa shape index (κ1) is 65.0. The van der Waals surface area contributed by atoms with Crippen LogP contribution in [-0.4, -0.2) is 170 Å². The highest BCUT2D eigenvalue weighted by molar-refractivity contribution is 5.93. The Morgan fingerprint density at radius 2 is 0.720 bits per heavy atom. The smallest absolute Gasteiger partial charge is 0.338 e. The van der Waals surface area contributed by atoms with Gasteiger partial charge in [-0.15, -0.1) is 0 Å². The lowest BCUT2D eigenvalue weighted by atomic mass is 9.97. The Hall–Kier alpha value is -9.53. The molecule has 7 aromatic carbocycles. The van der Waals surface area contributed by atoms with E-state index in [-0.39, 0.29) is 38.9 Å². The number of aliphatic hydroxyl groups excluding tert-OH is 2. The molecule has 23 heteroatoms. The Labute approximate surface area is 532 Å². The molecule has 7 aromatic rings. The maximum Gasteiger partial charge on any atom is 0.338 e. The third-order valence-corrected chi connectivity index (χ3v) is 15.4. The molecule has 9 unspecified atom stereocenters. The van der Waals surface area contributed by atoms with Gasteiger partial charge in [0.05, 0.1) is 52.2 Å². The van der Waals surface area contributed by atoms with Crippen LogP contribution < -0.4 is 0 Å². The number of hydrogen-bond acceptors (Lipinski definition) is 23. The summed E-state index contributed by atoms with van der Waals surface area (Å²) >= 11 is 0. The quantitative estimate of drug-likeness (QED) is 0.0498. The standard InChI is InChI=1S/C70H64O23/c1-70(2)92-59-54(51(90-69(59)93-70)48(72)39-81-67-57(88-65(78)46-34-20-8-21-35-46)55(86-63(76)44-30-16-6-17-31-44)52(49(38-71)82-67)84-61(74)42-26-12-4-13-27-42)91-68-58(89-66(79)47-36-22-9-23-37-47)56(87-64(77)45-32-18-7-19-33-45)53(85-62(75)43-28-14-5-15-29-43)50(83-68)40-80-60(73)41-24-10-3-11-25-41/h3-37,48-59,67-69,71-72H,38-40H2,1-2H3/t48?,49?,50?,51-,52-,53-,54?,55?,56?,57?,58?,59?,67-,68+,69-/m1/s1. The third kappa shape index (κ3) is 15.7. The molecular weight excluding hydrogens is 1210 g/mol. The molecule has 0 saturated carbocycles. The first-order valence-electron chi connectivity index (χ1n) is 29.8. The number of fused-ring (bicyclic) bond motifs is 1. The zero-order valence-electron chi connectivity index (χ0n) is 50.0. The molecule has 0 aromatic heterocycles. The molecule has 4 aliphatic rings. The fourth-order valence-electron chi connectivity index (χ4n) is 10.9. The molecule has 93 heavy (non-hydrogen) atoms. The largest absolute Gasteiger partial charge is 0.459 e. The molecule has 482 valence electrons. The van der Waals surface area contributed by atoms with Crippen LogP contribution in [0.15, 0.2) is 212 Å². The van der Waals surface area contributed by atoms with E-state index in [0.29, 0.717) is 0 Å². The van der Waals surface area contributed by atoms with Crippen LogP contribution in [0.25, 0.3) is 0 Å². The van der Waals surface area contributed by atoms with E-state index >= 15 is 0 Å². The minimum absolute atomic E-state index is 0.0176. The number of carbonyl (C=O) groups is 7. The summed E-state index contributed by atoms with van der Waals surface area (Å²) in [7, 11) is 0. The molecule has 4 saturated heterocycles. The van der Waals surface area contributed by atoms with Crippen LogP contribution in [0.2, 0.25) is 0 Å². The van der Waals surface area contributed by atoms with Crippen LogP contribution in [0.3, 0.4) is 0 Å². The van der Waals surface area contributed by atoms with Gasteiger partial charge in [-0.1, -0.05) is 127 Å². The molecule has 0 bridgehead atoms. The summed E-state index contributed by atoms with van der Waals surface area (Å²) in [5.41, 5.74) is 0.388. The minimum atomic E-state index is -1.95. The van der Waals surface area contributed by atoms with Crippen molar-refractivity contribution in [2.75, 3.05) is 19.8 Å². The zero-order chi connectivity index (χ0) is 65.0. The van der Waals surface area contributed by atoms with Gasteiger partial charge in [0.1, 0.15) is 43.2 Å². The first-order valence-corrected chi connectivity index (χ1v) is 29.8. The van der Waals surface area contributed by atoms with Crippen LogP contribution in [0.5, 0.6) is 0 Å². The Morgan fingerprint density at radius 3 is 1.10 bits per heavy atom. The average Bonchev–Trinajstić information content (AvgIpc) is 1.73. The van der Waals surface area contributed by atoms with Crippen LogP contribution >= 0.6 is 0 Å². The van der Waals surface area contributed by atoms with Crippen molar-refractivity contribution >= 4 is 41.8 Å². The maximum atomic E-state index is 14.5. The van der Waals surface area contributed by atoms with Crippen LogP contribution in [-0.2, 0) is 66.3 Å². The van der Waals surface area contributed by atoms with Gasteiger partial charge in [0.2, 0.25) is 0 Å². The topological polar surface area (TPSA) is 289 Å². The second-order valence-electron chi connectivity index (χ2n) is 22.2. The second kappa shape index (κ2) is 29.8. The molecule has 0 aliphatic carbocycles. The van der Waals surface area contributed by atoms with Gasteiger partial charge in [-0.05, 0) is 98.8 Å². The summed E-state index contributed by atoms with van der Waals surface area (Å²) in [6, 6.07) is 54.5. The number of carbonyl (C=O) groups excluding carboxylic acids is 7. The second-order valence-corrected chi connectivity index (χ2v) is 22.2. The summed E-state index contributed by atoms with van der Waals surface area (Å²) < 4.78 is 88.1. The highest BCUT2D eigenvalue weighted by Gasteiger charge is 2.62. The van der Waals surface area contributed by atoms with E-state index in [1.165, 1.54) is 84.9 Å². The van der Waals surface area contributed by atoms with Crippen molar-refractivity contribution in [1.29, 1.82) is 0 Å². The Balaban J connectivity index is 0.951. The van der Waals surface area contributed by atoms with Gasteiger partial charge in [0.15, 0.2) is 61.3 Å². The normalized spacial score (nSPS) is 26.4. The number of hydrogen-bond donors (Lipinski definition) is 2. The summed E-state index contributed by atoms with van der Waals surface area (Å²) in [5.74, 6) is -7.97. The van der Waals surface area contributed by atoms with Gasteiger partial charge >= 0.3 is 41.8 Å². The fraction of sp³-hybridized carbons (Fsp3) is 0.300. The molecule has 0 amide bonds. The molecular formula is C70H64O23. The zero-order valence-corrected chi connectivity index (χ0v) is 50.0. The van der Waals surface area contributed by atoms with Gasteiger partial charge < -0.3 is 76.5 Å². The van der Waals surface area contributed by atoms with Crippen molar-refractivity contribution in [1.82, 2.24) is 0 Å². The van der Waals surface area contributed by atoms with E-state index in [0.717, 1.165) is 0 Å². The van der Waals surface area contributed by atoms with E-state index < -0.39 is 160 Å². The van der Waals surface area contributed by atoms with E-state index in [9.17, 15) is 43.8 Å². The number of benzene rings is 7. The first-order chi connectivity index (χ1) is 45.1. The van der Waals surface area contributed by atoms with Gasteiger partial charge in [0, 0.05) is 0 Å². The number of rotatable bonds is 22. The van der Waals surface area contributed by atoms with E-state index in [2.05, 4.69) is 0 Å². The molecule has 23 nitrogen and oxygen atoms in total. The van der Waals surface area contributed by atoms with Crippen molar-refractivity contribution in [2.45, 2.75) is 112 Å². The lowest BCUT2D eigenvalue weighted by Gasteiger charge is -2.45. The van der Waals surface area contributed by atoms with Crippen molar-refractivity contribution < 1.29 is 110 Å². The van der Waals surface area contributed by atoms with Gasteiger partial charge in [-0.3, -0.25) is 0 Å². The van der Waals surface area contributed by atoms with E-state index in [4.69, 9.17) is 66.3 Å². The number of aliphatic hydroxyl groups is 2. The van der Waals surface area contributed by atoms with Gasteiger partial charge in [-0.2, -0.15) is 0 Å². The number of ether oxygens (including phenoxy) is 14. The summed E-state index contributed by atoms with van der Waals surface area (Å²) in [6.45, 7) is 0.752. The van der Waals surface area contributed by atoms with Crippen molar-refractivity contribution in [3.05, 3.63) is 251 Å². The summed E-state index contributed by atoms with van der Waals surface area (Å²) in [6.07, 6.45) is -25.4. The molecule has 0 radical (unpaired) electrons. The summed E-state index contributed by atoms with van der Waals surface area (Å²) in [5, 5.41) is 23.6. The van der Waals surface area contributed by atoms with Crippen molar-refractivity contribution in [3.63, 3.8) is 0 Å². The Morgan fingerprint density at radius 1 is 0.398 bits per heavy atom. The minimum Gasteiger partial charge on any atom is -0.459 e. The Kier molecular flexibility index (Phi) is 20.8. The fourth-order valence-corrected chi connectivity index (χ4v) is 10.9. The average molecular weight is 1270 g/mol. The number of esters is 7. The molecule has 2 N–H and O–H groups in total. The Bertz CT molecular complexity index is 3660. The van der Waals surface area contributed by atoms with Crippen LogP contribution in [0, 0.1) is 0 Å². The highest BCUT2D eigenvalue weighted by Crippen LogP contribution is 2.43. The van der Waals surface area contributed by atoms with Crippen molar-refractivity contribution in [2.24, 2.45) is 0 Å². The molecule has 4 aliphatic heterocycles. The molecule has 11 rings (SSSR count). The lowest BCUT2D eigenvalue weighted by molar-refractivity contribution is -0.325. The predicted octanol–water partition coefficient (Wildman–Crippen LogP) is 7.28. The van der Waals surface area contributed by atoms with Crippen LogP contribution in [0.4, 0.5) is 0 Å². The van der Waals surface area contributed by atoms with Gasteiger partial charge in [-0.25, -0.2) is 33.6 Å². The SMILES string of the molecule is CC1(C)OC2C(O[C@@H]3OC(COC(=O)c4ccccc4)[C@@H](OC(=O)c4ccccc4)C(OC(=O)c4ccccc4)C3OC(=O)c3ccccc3)[C@@H](C(O)CO[C@@H]3OC(CO)[C@@H](OC(=O)c4ccccc4)C(OC(=O)c4ccccc4)C3OC(=O)c3ccccc3)O[C@@H]2O1. The lowest BCUT2D eigenvalue weighted by Crippen LogP contribution is -2.64.